The van der Waals surface area contributed by atoms with Crippen molar-refractivity contribution in [2.45, 2.75) is 31.7 Å². The molecule has 0 bridgehead atoms. The van der Waals surface area contributed by atoms with Crippen LogP contribution in [0, 0.1) is 0 Å². The minimum Gasteiger partial charge on any atom is -0.330 e. The smallest absolute Gasteiger partial charge is 0.113 e. The quantitative estimate of drug-likeness (QED) is 0.874. The number of hydrogen-bond donors (Lipinski definition) is 1. The molecule has 2 N–H and O–H groups in total. The molecule has 3 rings (SSSR count). The Morgan fingerprint density at radius 3 is 2.89 bits per heavy atom. The Labute approximate surface area is 107 Å². The van der Waals surface area contributed by atoms with E-state index < -0.39 is 0 Å². The summed E-state index contributed by atoms with van der Waals surface area (Å²) in [5, 5.41) is 8.44. The highest BCUT2D eigenvalue weighted by Crippen LogP contribution is 2.43. The lowest BCUT2D eigenvalue weighted by atomic mass is 10.0. The SMILES string of the molecule is NCCCn1cc(-c2ccccc2C2CC2)nn1. The van der Waals surface area contributed by atoms with Crippen LogP contribution >= 0.6 is 0 Å². The zero-order chi connectivity index (χ0) is 12.4. The number of hydrogen-bond acceptors (Lipinski definition) is 3. The standard InChI is InChI=1S/C14H18N4/c15-8-3-9-18-10-14(16-17-18)13-5-2-1-4-12(13)11-6-7-11/h1-2,4-5,10-11H,3,6-9,15H2. The van der Waals surface area contributed by atoms with Gasteiger partial charge in [-0.15, -0.1) is 5.10 Å². The van der Waals surface area contributed by atoms with Crippen LogP contribution < -0.4 is 5.73 Å². The van der Waals surface area contributed by atoms with E-state index in [9.17, 15) is 0 Å². The molecule has 18 heavy (non-hydrogen) atoms. The van der Waals surface area contributed by atoms with Crippen molar-refractivity contribution in [1.29, 1.82) is 0 Å². The lowest BCUT2D eigenvalue weighted by Crippen LogP contribution is -2.06. The molecule has 1 aromatic heterocycles. The fourth-order valence-corrected chi connectivity index (χ4v) is 2.26. The molecule has 0 radical (unpaired) electrons. The average Bonchev–Trinajstić information content (AvgIpc) is 3.15. The van der Waals surface area contributed by atoms with E-state index in [1.165, 1.54) is 24.0 Å². The summed E-state index contributed by atoms with van der Waals surface area (Å²) in [4.78, 5) is 0. The van der Waals surface area contributed by atoms with Gasteiger partial charge in [-0.2, -0.15) is 0 Å². The van der Waals surface area contributed by atoms with E-state index in [1.807, 2.05) is 10.9 Å². The molecule has 1 saturated carbocycles. The van der Waals surface area contributed by atoms with Crippen molar-refractivity contribution >= 4 is 0 Å². The summed E-state index contributed by atoms with van der Waals surface area (Å²) in [7, 11) is 0. The summed E-state index contributed by atoms with van der Waals surface area (Å²) in [6, 6.07) is 8.53. The summed E-state index contributed by atoms with van der Waals surface area (Å²) in [6.07, 6.45) is 5.57. The Morgan fingerprint density at radius 1 is 1.28 bits per heavy atom. The van der Waals surface area contributed by atoms with Crippen molar-refractivity contribution in [2.75, 3.05) is 6.54 Å². The molecule has 1 aliphatic carbocycles. The molecule has 0 aliphatic heterocycles. The molecular weight excluding hydrogens is 224 g/mol. The van der Waals surface area contributed by atoms with Gasteiger partial charge < -0.3 is 5.73 Å². The van der Waals surface area contributed by atoms with Crippen LogP contribution in [0.2, 0.25) is 0 Å². The van der Waals surface area contributed by atoms with Crippen molar-refractivity contribution < 1.29 is 0 Å². The molecule has 1 aromatic carbocycles. The molecule has 0 unspecified atom stereocenters. The van der Waals surface area contributed by atoms with Crippen LogP contribution in [-0.2, 0) is 6.54 Å². The van der Waals surface area contributed by atoms with Gasteiger partial charge in [-0.25, -0.2) is 0 Å². The number of benzene rings is 1. The van der Waals surface area contributed by atoms with Crippen LogP contribution in [-0.4, -0.2) is 21.5 Å². The number of rotatable bonds is 5. The Morgan fingerprint density at radius 2 is 2.11 bits per heavy atom. The second kappa shape index (κ2) is 4.90. The van der Waals surface area contributed by atoms with Crippen LogP contribution in [0.5, 0.6) is 0 Å². The first-order valence-electron chi connectivity index (χ1n) is 6.58. The normalized spacial score (nSPS) is 14.9. The van der Waals surface area contributed by atoms with Gasteiger partial charge in [0.15, 0.2) is 0 Å². The summed E-state index contributed by atoms with van der Waals surface area (Å²) < 4.78 is 1.88. The topological polar surface area (TPSA) is 56.7 Å². The monoisotopic (exact) mass is 242 g/mol. The zero-order valence-corrected chi connectivity index (χ0v) is 10.4. The van der Waals surface area contributed by atoms with Gasteiger partial charge in [0.2, 0.25) is 0 Å². The van der Waals surface area contributed by atoms with Crippen LogP contribution in [0.3, 0.4) is 0 Å². The first-order chi connectivity index (χ1) is 8.88. The molecule has 1 heterocycles. The molecule has 0 amide bonds. The highest BCUT2D eigenvalue weighted by atomic mass is 15.4. The highest BCUT2D eigenvalue weighted by Gasteiger charge is 2.26. The number of aryl methyl sites for hydroxylation is 1. The van der Waals surface area contributed by atoms with Crippen molar-refractivity contribution in [1.82, 2.24) is 15.0 Å². The van der Waals surface area contributed by atoms with Crippen LogP contribution in [0.15, 0.2) is 30.5 Å². The fraction of sp³-hybridized carbons (Fsp3) is 0.429. The van der Waals surface area contributed by atoms with E-state index >= 15 is 0 Å². The van der Waals surface area contributed by atoms with E-state index in [0.29, 0.717) is 6.54 Å². The summed E-state index contributed by atoms with van der Waals surface area (Å²) in [6.45, 7) is 1.53. The maximum absolute atomic E-state index is 5.50. The third-order valence-electron chi connectivity index (χ3n) is 3.38. The van der Waals surface area contributed by atoms with Gasteiger partial charge in [0.1, 0.15) is 5.69 Å². The lowest BCUT2D eigenvalue weighted by molar-refractivity contribution is 0.564. The number of nitrogens with zero attached hydrogens (tertiary/aromatic N) is 3. The third kappa shape index (κ3) is 2.29. The maximum Gasteiger partial charge on any atom is 0.113 e. The number of nitrogens with two attached hydrogens (primary N) is 1. The van der Waals surface area contributed by atoms with E-state index in [1.54, 1.807) is 0 Å². The minimum absolute atomic E-state index is 0.688. The minimum atomic E-state index is 0.688. The second-order valence-electron chi connectivity index (χ2n) is 4.87. The molecule has 2 aromatic rings. The van der Waals surface area contributed by atoms with Gasteiger partial charge in [-0.05, 0) is 37.3 Å². The lowest BCUT2D eigenvalue weighted by Gasteiger charge is -2.04. The van der Waals surface area contributed by atoms with Crippen molar-refractivity contribution in [3.63, 3.8) is 0 Å². The van der Waals surface area contributed by atoms with Crippen molar-refractivity contribution in [2.24, 2.45) is 5.73 Å². The van der Waals surface area contributed by atoms with E-state index in [-0.39, 0.29) is 0 Å². The fourth-order valence-electron chi connectivity index (χ4n) is 2.26. The Hall–Kier alpha value is -1.68. The average molecular weight is 242 g/mol. The molecule has 0 atom stereocenters. The molecule has 1 aliphatic rings. The van der Waals surface area contributed by atoms with Gasteiger partial charge >= 0.3 is 0 Å². The number of aromatic nitrogens is 3. The van der Waals surface area contributed by atoms with E-state index in [4.69, 9.17) is 5.73 Å². The Kier molecular flexibility index (Phi) is 3.11. The molecule has 4 nitrogen and oxygen atoms in total. The van der Waals surface area contributed by atoms with Crippen LogP contribution in [0.4, 0.5) is 0 Å². The molecular formula is C14H18N4. The van der Waals surface area contributed by atoms with Gasteiger partial charge in [-0.1, -0.05) is 29.5 Å². The third-order valence-corrected chi connectivity index (χ3v) is 3.38. The molecule has 94 valence electrons. The summed E-state index contributed by atoms with van der Waals surface area (Å²) in [5.74, 6) is 0.732. The predicted octanol–water partition coefficient (Wildman–Crippen LogP) is 2.17. The van der Waals surface area contributed by atoms with Gasteiger partial charge in [0.05, 0.1) is 6.20 Å². The summed E-state index contributed by atoms with van der Waals surface area (Å²) in [5.41, 5.74) is 9.14. The zero-order valence-electron chi connectivity index (χ0n) is 10.4. The molecule has 0 spiro atoms. The van der Waals surface area contributed by atoms with Gasteiger partial charge in [-0.3, -0.25) is 4.68 Å². The highest BCUT2D eigenvalue weighted by molar-refractivity contribution is 5.64. The second-order valence-corrected chi connectivity index (χ2v) is 4.87. The van der Waals surface area contributed by atoms with Crippen molar-refractivity contribution in [3.05, 3.63) is 36.0 Å². The van der Waals surface area contributed by atoms with Crippen molar-refractivity contribution in [3.8, 4) is 11.3 Å². The first kappa shape index (κ1) is 11.4. The van der Waals surface area contributed by atoms with E-state index in [2.05, 4.69) is 34.6 Å². The van der Waals surface area contributed by atoms with Gasteiger partial charge in [0.25, 0.3) is 0 Å². The van der Waals surface area contributed by atoms with E-state index in [0.717, 1.165) is 24.6 Å². The predicted molar refractivity (Wildman–Crippen MR) is 71.1 cm³/mol. The Balaban J connectivity index is 1.87. The Bertz CT molecular complexity index is 528. The summed E-state index contributed by atoms with van der Waals surface area (Å²) >= 11 is 0. The maximum atomic E-state index is 5.50. The molecule has 4 heteroatoms. The molecule has 0 saturated heterocycles. The largest absolute Gasteiger partial charge is 0.330 e. The van der Waals surface area contributed by atoms with Crippen LogP contribution in [0.25, 0.3) is 11.3 Å². The van der Waals surface area contributed by atoms with Crippen LogP contribution in [0.1, 0.15) is 30.7 Å². The molecule has 1 fully saturated rings. The first-order valence-corrected chi connectivity index (χ1v) is 6.58. The van der Waals surface area contributed by atoms with Gasteiger partial charge in [0, 0.05) is 12.1 Å².